The number of carbonyl (C=O) groups excluding carboxylic acids is 1. The number of hydrogen-bond acceptors (Lipinski definition) is 2. The van der Waals surface area contributed by atoms with Crippen LogP contribution in [-0.2, 0) is 4.79 Å². The maximum absolute atomic E-state index is 12.1. The van der Waals surface area contributed by atoms with Crippen LogP contribution in [0.15, 0.2) is 0 Å². The second kappa shape index (κ2) is 4.13. The summed E-state index contributed by atoms with van der Waals surface area (Å²) >= 11 is 1.96. The largest absolute Gasteiger partial charge is 0.338 e. The maximum Gasteiger partial charge on any atom is 0.228 e. The number of rotatable bonds is 0. The fraction of sp³-hybridized carbons (Fsp3) is 0.909. The SMILES string of the molecule is CC1SCCN(C(=O)C(C)(C)C)C1C. The molecule has 2 unspecified atom stereocenters. The molecular formula is C11H21NOS. The van der Waals surface area contributed by atoms with Gasteiger partial charge in [-0.3, -0.25) is 4.79 Å². The lowest BCUT2D eigenvalue weighted by Gasteiger charge is -2.40. The normalized spacial score (nSPS) is 29.1. The van der Waals surface area contributed by atoms with E-state index in [9.17, 15) is 4.79 Å². The van der Waals surface area contributed by atoms with Crippen molar-refractivity contribution in [2.24, 2.45) is 5.41 Å². The summed E-state index contributed by atoms with van der Waals surface area (Å²) in [6, 6.07) is 0.375. The van der Waals surface area contributed by atoms with Gasteiger partial charge in [0.1, 0.15) is 0 Å². The van der Waals surface area contributed by atoms with E-state index in [1.54, 1.807) is 0 Å². The van der Waals surface area contributed by atoms with Crippen molar-refractivity contribution in [3.63, 3.8) is 0 Å². The molecule has 0 N–H and O–H groups in total. The van der Waals surface area contributed by atoms with Crippen LogP contribution >= 0.6 is 11.8 Å². The Morgan fingerprint density at radius 2 is 1.93 bits per heavy atom. The highest BCUT2D eigenvalue weighted by Gasteiger charge is 2.34. The fourth-order valence-electron chi connectivity index (χ4n) is 1.65. The van der Waals surface area contributed by atoms with E-state index in [0.717, 1.165) is 12.3 Å². The molecule has 14 heavy (non-hydrogen) atoms. The molecule has 0 saturated carbocycles. The van der Waals surface area contributed by atoms with Crippen molar-refractivity contribution in [2.45, 2.75) is 45.9 Å². The van der Waals surface area contributed by atoms with Crippen LogP contribution in [0.3, 0.4) is 0 Å². The number of carbonyl (C=O) groups is 1. The second-order valence-electron chi connectivity index (χ2n) is 5.07. The lowest BCUT2D eigenvalue weighted by atomic mass is 9.93. The molecule has 1 aliphatic rings. The first kappa shape index (κ1) is 11.9. The minimum atomic E-state index is -0.240. The highest BCUT2D eigenvalue weighted by atomic mass is 32.2. The van der Waals surface area contributed by atoms with Gasteiger partial charge in [-0.1, -0.05) is 27.7 Å². The van der Waals surface area contributed by atoms with E-state index >= 15 is 0 Å². The first-order valence-electron chi connectivity index (χ1n) is 5.26. The van der Waals surface area contributed by atoms with Gasteiger partial charge in [0.2, 0.25) is 5.91 Å². The first-order chi connectivity index (χ1) is 6.34. The number of thioether (sulfide) groups is 1. The summed E-state index contributed by atoms with van der Waals surface area (Å²) in [7, 11) is 0. The zero-order chi connectivity index (χ0) is 10.9. The van der Waals surface area contributed by atoms with E-state index in [-0.39, 0.29) is 11.3 Å². The molecule has 0 aromatic rings. The second-order valence-corrected chi connectivity index (χ2v) is 6.55. The van der Waals surface area contributed by atoms with Crippen LogP contribution in [0.1, 0.15) is 34.6 Å². The van der Waals surface area contributed by atoms with E-state index in [2.05, 4.69) is 13.8 Å². The molecule has 1 rings (SSSR count). The third kappa shape index (κ3) is 2.44. The smallest absolute Gasteiger partial charge is 0.228 e. The van der Waals surface area contributed by atoms with Crippen LogP contribution in [0.5, 0.6) is 0 Å². The predicted molar refractivity (Wildman–Crippen MR) is 62.6 cm³/mol. The quantitative estimate of drug-likeness (QED) is 0.618. The Hall–Kier alpha value is -0.180. The van der Waals surface area contributed by atoms with Crippen molar-refractivity contribution in [3.8, 4) is 0 Å². The molecule has 2 nitrogen and oxygen atoms in total. The van der Waals surface area contributed by atoms with Crippen molar-refractivity contribution in [1.29, 1.82) is 0 Å². The molecule has 0 aromatic heterocycles. The van der Waals surface area contributed by atoms with Gasteiger partial charge in [0.25, 0.3) is 0 Å². The van der Waals surface area contributed by atoms with E-state index in [4.69, 9.17) is 0 Å². The summed E-state index contributed by atoms with van der Waals surface area (Å²) in [6.07, 6.45) is 0. The minimum Gasteiger partial charge on any atom is -0.338 e. The Kier molecular flexibility index (Phi) is 3.51. The zero-order valence-electron chi connectivity index (χ0n) is 9.83. The first-order valence-corrected chi connectivity index (χ1v) is 6.31. The zero-order valence-corrected chi connectivity index (χ0v) is 10.6. The molecule has 0 bridgehead atoms. The molecule has 0 aliphatic carbocycles. The molecule has 1 heterocycles. The van der Waals surface area contributed by atoms with Gasteiger partial charge in [-0.05, 0) is 6.92 Å². The topological polar surface area (TPSA) is 20.3 Å². The molecule has 1 aliphatic heterocycles. The Morgan fingerprint density at radius 1 is 1.36 bits per heavy atom. The van der Waals surface area contributed by atoms with Gasteiger partial charge in [0, 0.05) is 29.0 Å². The van der Waals surface area contributed by atoms with Crippen molar-refractivity contribution >= 4 is 17.7 Å². The van der Waals surface area contributed by atoms with Crippen LogP contribution in [0.2, 0.25) is 0 Å². The lowest BCUT2D eigenvalue weighted by Crippen LogP contribution is -2.51. The highest BCUT2D eigenvalue weighted by molar-refractivity contribution is 8.00. The standard InChI is InChI=1S/C11H21NOS/c1-8-9(2)14-7-6-12(8)10(13)11(3,4)5/h8-9H,6-7H2,1-5H3. The average Bonchev–Trinajstić information content (AvgIpc) is 2.07. The van der Waals surface area contributed by atoms with Crippen LogP contribution in [0.4, 0.5) is 0 Å². The van der Waals surface area contributed by atoms with Gasteiger partial charge in [0.05, 0.1) is 0 Å². The molecular weight excluding hydrogens is 194 g/mol. The Morgan fingerprint density at radius 3 is 2.43 bits per heavy atom. The van der Waals surface area contributed by atoms with Gasteiger partial charge in [-0.15, -0.1) is 0 Å². The van der Waals surface area contributed by atoms with Gasteiger partial charge in [-0.25, -0.2) is 0 Å². The summed E-state index contributed by atoms with van der Waals surface area (Å²) in [5.74, 6) is 1.37. The van der Waals surface area contributed by atoms with Crippen molar-refractivity contribution in [2.75, 3.05) is 12.3 Å². The highest BCUT2D eigenvalue weighted by Crippen LogP contribution is 2.28. The molecule has 1 fully saturated rings. The van der Waals surface area contributed by atoms with Gasteiger partial charge >= 0.3 is 0 Å². The Labute approximate surface area is 91.4 Å². The summed E-state index contributed by atoms with van der Waals surface area (Å²) < 4.78 is 0. The number of hydrogen-bond donors (Lipinski definition) is 0. The fourth-order valence-corrected chi connectivity index (χ4v) is 2.75. The summed E-state index contributed by atoms with van der Waals surface area (Å²) in [5.41, 5.74) is -0.240. The van der Waals surface area contributed by atoms with Gasteiger partial charge in [0.15, 0.2) is 0 Å². The van der Waals surface area contributed by atoms with Crippen LogP contribution in [-0.4, -0.2) is 34.4 Å². The molecule has 0 radical (unpaired) electrons. The van der Waals surface area contributed by atoms with Crippen LogP contribution in [0.25, 0.3) is 0 Å². The average molecular weight is 215 g/mol. The van der Waals surface area contributed by atoms with E-state index in [1.807, 2.05) is 37.4 Å². The molecule has 3 heteroatoms. The number of nitrogens with zero attached hydrogens (tertiary/aromatic N) is 1. The molecule has 2 atom stereocenters. The molecule has 0 aromatic carbocycles. The van der Waals surface area contributed by atoms with Crippen molar-refractivity contribution < 1.29 is 4.79 Å². The van der Waals surface area contributed by atoms with Crippen LogP contribution in [0, 0.1) is 5.41 Å². The summed E-state index contributed by atoms with van der Waals surface area (Å²) in [6.45, 7) is 11.3. The lowest BCUT2D eigenvalue weighted by molar-refractivity contribution is -0.141. The predicted octanol–water partition coefficient (Wildman–Crippen LogP) is 2.38. The minimum absolute atomic E-state index is 0.240. The van der Waals surface area contributed by atoms with E-state index in [0.29, 0.717) is 11.3 Å². The monoisotopic (exact) mass is 215 g/mol. The molecule has 82 valence electrons. The number of amides is 1. The van der Waals surface area contributed by atoms with Crippen molar-refractivity contribution in [3.05, 3.63) is 0 Å². The summed E-state index contributed by atoms with van der Waals surface area (Å²) in [4.78, 5) is 14.1. The third-order valence-corrected chi connectivity index (χ3v) is 4.12. The Bertz CT molecular complexity index is 222. The van der Waals surface area contributed by atoms with Crippen LogP contribution < -0.4 is 0 Å². The molecule has 0 spiro atoms. The summed E-state index contributed by atoms with van der Waals surface area (Å²) in [5, 5.41) is 0.565. The van der Waals surface area contributed by atoms with Gasteiger partial charge in [-0.2, -0.15) is 11.8 Å². The maximum atomic E-state index is 12.1. The Balaban J connectivity index is 2.72. The van der Waals surface area contributed by atoms with Gasteiger partial charge < -0.3 is 4.90 Å². The van der Waals surface area contributed by atoms with E-state index in [1.165, 1.54) is 0 Å². The van der Waals surface area contributed by atoms with E-state index < -0.39 is 0 Å². The molecule has 1 amide bonds. The molecule has 1 saturated heterocycles. The third-order valence-electron chi connectivity index (χ3n) is 2.79. The van der Waals surface area contributed by atoms with Crippen molar-refractivity contribution in [1.82, 2.24) is 4.90 Å².